The molecule has 1 N–H and O–H groups in total. The van der Waals surface area contributed by atoms with Crippen LogP contribution in [-0.2, 0) is 11.3 Å². The van der Waals surface area contributed by atoms with Gasteiger partial charge in [-0.3, -0.25) is 19.0 Å². The predicted molar refractivity (Wildman–Crippen MR) is 109 cm³/mol. The molecule has 0 aliphatic rings. The monoisotopic (exact) mass is 415 g/mol. The fourth-order valence-corrected chi connectivity index (χ4v) is 4.49. The first-order valence-corrected chi connectivity index (χ1v) is 9.87. The highest BCUT2D eigenvalue weighted by Gasteiger charge is 2.23. The highest BCUT2D eigenvalue weighted by Crippen LogP contribution is 2.27. The van der Waals surface area contributed by atoms with E-state index in [1.165, 1.54) is 17.8 Å². The van der Waals surface area contributed by atoms with Gasteiger partial charge in [0.1, 0.15) is 9.71 Å². The molecule has 0 bridgehead atoms. The summed E-state index contributed by atoms with van der Waals surface area (Å²) in [6.07, 6.45) is 1.30. The second-order valence-electron chi connectivity index (χ2n) is 6.74. The Morgan fingerprint density at radius 2 is 1.90 bits per heavy atom. The number of nitrogens with one attached hydrogen (secondary N) is 1. The van der Waals surface area contributed by atoms with Gasteiger partial charge < -0.3 is 9.72 Å². The molecule has 0 unspecified atom stereocenters. The van der Waals surface area contributed by atoms with E-state index in [0.29, 0.717) is 43.2 Å². The first kappa shape index (κ1) is 20.7. The Balaban J connectivity index is 2.00. The van der Waals surface area contributed by atoms with Crippen molar-refractivity contribution >= 4 is 39.1 Å². The number of aryl methyl sites for hydroxylation is 2. The number of aromatic amines is 1. The molecule has 3 rings (SSSR count). The van der Waals surface area contributed by atoms with Gasteiger partial charge >= 0.3 is 5.97 Å². The summed E-state index contributed by atoms with van der Waals surface area (Å²) in [4.78, 5) is 57.6. The smallest absolute Gasteiger partial charge is 0.348 e. The molecule has 29 heavy (non-hydrogen) atoms. The fourth-order valence-electron chi connectivity index (χ4n) is 3.45. The number of esters is 1. The molecule has 9 heteroatoms. The topological polar surface area (TPSA) is 111 Å². The molecule has 0 saturated carbocycles. The third-order valence-electron chi connectivity index (χ3n) is 4.76. The largest absolute Gasteiger partial charge is 0.462 e. The molecule has 0 radical (unpaired) electrons. The Morgan fingerprint density at radius 1 is 1.21 bits per heavy atom. The number of rotatable bonds is 6. The van der Waals surface area contributed by atoms with Gasteiger partial charge in [-0.1, -0.05) is 0 Å². The van der Waals surface area contributed by atoms with Gasteiger partial charge in [-0.15, -0.1) is 11.3 Å². The summed E-state index contributed by atoms with van der Waals surface area (Å²) in [6.45, 7) is 8.25. The number of hydrogen-bond acceptors (Lipinski definition) is 7. The third-order valence-corrected chi connectivity index (χ3v) is 5.94. The van der Waals surface area contributed by atoms with Crippen molar-refractivity contribution in [2.24, 2.45) is 0 Å². The van der Waals surface area contributed by atoms with Gasteiger partial charge in [-0.2, -0.15) is 0 Å². The van der Waals surface area contributed by atoms with Crippen LogP contribution in [0.15, 0.2) is 11.1 Å². The third kappa shape index (κ3) is 3.53. The van der Waals surface area contributed by atoms with Crippen LogP contribution >= 0.6 is 11.3 Å². The molecule has 0 spiro atoms. The van der Waals surface area contributed by atoms with E-state index in [4.69, 9.17) is 4.74 Å². The first-order valence-electron chi connectivity index (χ1n) is 9.06. The molecule has 3 aromatic rings. The van der Waals surface area contributed by atoms with E-state index in [2.05, 4.69) is 9.97 Å². The zero-order valence-corrected chi connectivity index (χ0v) is 17.7. The molecule has 0 fully saturated rings. The zero-order valence-electron chi connectivity index (χ0n) is 16.8. The number of aromatic nitrogens is 3. The number of fused-ring (bicyclic) bond motifs is 1. The normalized spacial score (nSPS) is 11.1. The van der Waals surface area contributed by atoms with Crippen molar-refractivity contribution in [1.82, 2.24) is 14.5 Å². The Morgan fingerprint density at radius 3 is 2.48 bits per heavy atom. The number of thiophene rings is 1. The van der Waals surface area contributed by atoms with E-state index in [1.54, 1.807) is 27.7 Å². The summed E-state index contributed by atoms with van der Waals surface area (Å²) < 4.78 is 6.24. The van der Waals surface area contributed by atoms with Crippen LogP contribution < -0.4 is 5.56 Å². The summed E-state index contributed by atoms with van der Waals surface area (Å²) in [5, 5.41) is 0.303. The van der Waals surface area contributed by atoms with Crippen LogP contribution in [0.4, 0.5) is 0 Å². The van der Waals surface area contributed by atoms with Gasteiger partial charge in [0.2, 0.25) is 0 Å². The van der Waals surface area contributed by atoms with Gasteiger partial charge in [0.15, 0.2) is 11.6 Å². The average Bonchev–Trinajstić information content (AvgIpc) is 3.14. The quantitative estimate of drug-likeness (QED) is 0.489. The van der Waals surface area contributed by atoms with E-state index in [9.17, 15) is 19.2 Å². The fraction of sp³-hybridized carbons (Fsp3) is 0.350. The number of nitrogens with zero attached hydrogens (tertiary/aromatic N) is 2. The Bertz CT molecular complexity index is 1220. The van der Waals surface area contributed by atoms with E-state index < -0.39 is 11.5 Å². The number of Topliss-reactive ketones (excluding diaryl/α,β-unsaturated/α-hetero) is 2. The van der Waals surface area contributed by atoms with Crippen molar-refractivity contribution < 1.29 is 19.1 Å². The molecule has 0 amide bonds. The lowest BCUT2D eigenvalue weighted by Gasteiger charge is -2.05. The van der Waals surface area contributed by atoms with Crippen molar-refractivity contribution in [3.63, 3.8) is 0 Å². The van der Waals surface area contributed by atoms with E-state index >= 15 is 0 Å². The molecule has 3 aromatic heterocycles. The number of H-pyrrole nitrogens is 1. The first-order chi connectivity index (χ1) is 13.7. The molecule has 0 saturated heterocycles. The number of ether oxygens (including phenoxy) is 1. The van der Waals surface area contributed by atoms with Crippen molar-refractivity contribution in [2.45, 2.75) is 41.2 Å². The lowest BCUT2D eigenvalue weighted by Crippen LogP contribution is -2.25. The van der Waals surface area contributed by atoms with Crippen LogP contribution in [0.1, 0.15) is 61.2 Å². The van der Waals surface area contributed by atoms with Crippen molar-refractivity contribution in [1.29, 1.82) is 0 Å². The summed E-state index contributed by atoms with van der Waals surface area (Å²) in [5.74, 6) is -0.958. The molecule has 0 aliphatic heterocycles. The molecule has 0 aromatic carbocycles. The average molecular weight is 415 g/mol. The van der Waals surface area contributed by atoms with Gasteiger partial charge in [0.25, 0.3) is 5.56 Å². The van der Waals surface area contributed by atoms with Gasteiger partial charge in [0.05, 0.1) is 30.6 Å². The minimum Gasteiger partial charge on any atom is -0.462 e. The molecule has 0 atom stereocenters. The van der Waals surface area contributed by atoms with Crippen LogP contribution in [0.2, 0.25) is 0 Å². The summed E-state index contributed by atoms with van der Waals surface area (Å²) in [6, 6.07) is 0. The molecule has 3 heterocycles. The van der Waals surface area contributed by atoms with Crippen LogP contribution in [-0.4, -0.2) is 38.7 Å². The summed E-state index contributed by atoms with van der Waals surface area (Å²) >= 11 is 1.09. The SMILES string of the molecule is CCOC(=O)c1sc2ncn(CC(=O)c3[nH]c(C)c(C(C)=O)c3C)c(=O)c2c1C. The molecular weight excluding hydrogens is 394 g/mol. The Kier molecular flexibility index (Phi) is 5.52. The molecular formula is C20H21N3O5S. The molecule has 152 valence electrons. The minimum atomic E-state index is -0.496. The maximum absolute atomic E-state index is 12.9. The lowest BCUT2D eigenvalue weighted by molar-refractivity contribution is 0.0531. The van der Waals surface area contributed by atoms with Crippen LogP contribution in [0.25, 0.3) is 10.2 Å². The Labute approximate surface area is 170 Å². The number of carbonyl (C=O) groups excluding carboxylic acids is 3. The minimum absolute atomic E-state index is 0.129. The van der Waals surface area contributed by atoms with Crippen LogP contribution in [0.5, 0.6) is 0 Å². The summed E-state index contributed by atoms with van der Waals surface area (Å²) in [7, 11) is 0. The number of carbonyl (C=O) groups is 3. The second-order valence-corrected chi connectivity index (χ2v) is 7.74. The predicted octanol–water partition coefficient (Wildman–Crippen LogP) is 2.97. The molecule has 8 nitrogen and oxygen atoms in total. The van der Waals surface area contributed by atoms with Crippen molar-refractivity contribution in [3.8, 4) is 0 Å². The van der Waals surface area contributed by atoms with Crippen LogP contribution in [0.3, 0.4) is 0 Å². The Hall–Kier alpha value is -3.07. The highest BCUT2D eigenvalue weighted by atomic mass is 32.1. The summed E-state index contributed by atoms with van der Waals surface area (Å²) in [5.41, 5.74) is 2.07. The second kappa shape index (κ2) is 7.75. The number of ketones is 2. The van der Waals surface area contributed by atoms with E-state index in [0.717, 1.165) is 11.3 Å². The van der Waals surface area contributed by atoms with E-state index in [-0.39, 0.29) is 24.7 Å². The number of hydrogen-bond donors (Lipinski definition) is 1. The van der Waals surface area contributed by atoms with Gasteiger partial charge in [0, 0.05) is 11.3 Å². The van der Waals surface area contributed by atoms with Crippen LogP contribution in [0, 0.1) is 20.8 Å². The molecule has 0 aliphatic carbocycles. The standard InChI is InChI=1S/C20H21N3O5S/c1-6-28-20(27)17-10(3)15-18(29-17)21-8-23(19(15)26)7-13(25)16-9(2)14(12(5)24)11(4)22-16/h8,22H,6-7H2,1-5H3. The van der Waals surface area contributed by atoms with Gasteiger partial charge in [-0.05, 0) is 45.7 Å². The van der Waals surface area contributed by atoms with E-state index in [1.807, 2.05) is 0 Å². The maximum Gasteiger partial charge on any atom is 0.348 e. The zero-order chi connectivity index (χ0) is 21.5. The van der Waals surface area contributed by atoms with Crippen molar-refractivity contribution in [2.75, 3.05) is 6.61 Å². The van der Waals surface area contributed by atoms with Crippen molar-refractivity contribution in [3.05, 3.63) is 49.6 Å². The highest BCUT2D eigenvalue weighted by molar-refractivity contribution is 7.20. The lowest BCUT2D eigenvalue weighted by atomic mass is 10.1. The van der Waals surface area contributed by atoms with Gasteiger partial charge in [-0.25, -0.2) is 9.78 Å². The maximum atomic E-state index is 12.9.